The number of thiazole rings is 1. The zero-order valence-corrected chi connectivity index (χ0v) is 10.1. The maximum Gasteiger partial charge on any atom is 0.251 e. The third kappa shape index (κ3) is 2.08. The van der Waals surface area contributed by atoms with Crippen LogP contribution in [0.15, 0.2) is 52.9 Å². The van der Waals surface area contributed by atoms with Gasteiger partial charge in [-0.15, -0.1) is 11.3 Å². The molecule has 4 nitrogen and oxygen atoms in total. The molecule has 0 fully saturated rings. The van der Waals surface area contributed by atoms with Crippen LogP contribution in [-0.4, -0.2) is 15.0 Å². The zero-order chi connectivity index (χ0) is 12.4. The molecule has 2 heterocycles. The molecule has 0 aliphatic heterocycles. The van der Waals surface area contributed by atoms with Crippen LogP contribution in [0.1, 0.15) is 0 Å². The molecule has 1 N–H and O–H groups in total. The first-order valence-corrected chi connectivity index (χ1v) is 6.26. The fraction of sp³-hybridized carbons (Fsp3) is 0. The Hall–Kier alpha value is -2.27. The Morgan fingerprint density at radius 1 is 1.17 bits per heavy atom. The Labute approximate surface area is 107 Å². The van der Waals surface area contributed by atoms with Crippen LogP contribution in [0.4, 0.5) is 0 Å². The molecule has 0 bridgehead atoms. The van der Waals surface area contributed by atoms with Gasteiger partial charge in [0.05, 0.1) is 16.1 Å². The second-order valence-electron chi connectivity index (χ2n) is 3.71. The van der Waals surface area contributed by atoms with Gasteiger partial charge in [-0.1, -0.05) is 30.3 Å². The summed E-state index contributed by atoms with van der Waals surface area (Å²) in [6.45, 7) is 0. The Kier molecular flexibility index (Phi) is 2.74. The van der Waals surface area contributed by atoms with E-state index in [0.29, 0.717) is 11.5 Å². The van der Waals surface area contributed by atoms with Crippen LogP contribution in [-0.2, 0) is 0 Å². The predicted octanol–water partition coefficient (Wildman–Crippen LogP) is 2.56. The largest absolute Gasteiger partial charge is 0.306 e. The molecule has 18 heavy (non-hydrogen) atoms. The number of aromatic nitrogens is 3. The lowest BCUT2D eigenvalue weighted by molar-refractivity contribution is 1.13. The van der Waals surface area contributed by atoms with Crippen molar-refractivity contribution in [1.82, 2.24) is 15.0 Å². The maximum atomic E-state index is 11.7. The Balaban J connectivity index is 2.15. The van der Waals surface area contributed by atoms with Gasteiger partial charge >= 0.3 is 0 Å². The smallest absolute Gasteiger partial charge is 0.251 e. The highest BCUT2D eigenvalue weighted by Gasteiger charge is 2.06. The second-order valence-corrected chi connectivity index (χ2v) is 4.60. The molecule has 0 unspecified atom stereocenters. The molecule has 1 aromatic carbocycles. The van der Waals surface area contributed by atoms with E-state index < -0.39 is 0 Å². The first kappa shape index (κ1) is 10.9. The number of benzene rings is 1. The molecule has 3 aromatic rings. The number of hydrogen-bond acceptors (Lipinski definition) is 4. The van der Waals surface area contributed by atoms with Gasteiger partial charge in [-0.05, 0) is 0 Å². The standard InChI is InChI=1S/C13H9N3OS/c17-12-6-10(11-7-14-8-18-11)15-13(16-12)9-4-2-1-3-5-9/h1-8H,(H,15,16,17). The number of aromatic amines is 1. The zero-order valence-electron chi connectivity index (χ0n) is 9.33. The Morgan fingerprint density at radius 3 is 2.72 bits per heavy atom. The molecule has 2 aromatic heterocycles. The highest BCUT2D eigenvalue weighted by atomic mass is 32.1. The average Bonchev–Trinajstić information content (AvgIpc) is 2.93. The van der Waals surface area contributed by atoms with Crippen LogP contribution < -0.4 is 5.56 Å². The van der Waals surface area contributed by atoms with Gasteiger partial charge in [0, 0.05) is 17.8 Å². The minimum absolute atomic E-state index is 0.160. The molecule has 0 amide bonds. The van der Waals surface area contributed by atoms with Crippen molar-refractivity contribution in [3.63, 3.8) is 0 Å². The minimum atomic E-state index is -0.160. The molecule has 0 spiro atoms. The van der Waals surface area contributed by atoms with Crippen molar-refractivity contribution in [2.75, 3.05) is 0 Å². The lowest BCUT2D eigenvalue weighted by atomic mass is 10.2. The highest BCUT2D eigenvalue weighted by Crippen LogP contribution is 2.21. The molecule has 0 aliphatic carbocycles. The summed E-state index contributed by atoms with van der Waals surface area (Å²) in [5.41, 5.74) is 3.11. The third-order valence-electron chi connectivity index (χ3n) is 2.47. The van der Waals surface area contributed by atoms with E-state index in [-0.39, 0.29) is 5.56 Å². The monoisotopic (exact) mass is 255 g/mol. The second kappa shape index (κ2) is 4.54. The summed E-state index contributed by atoms with van der Waals surface area (Å²) in [6, 6.07) is 11.1. The van der Waals surface area contributed by atoms with E-state index in [1.807, 2.05) is 30.3 Å². The van der Waals surface area contributed by atoms with E-state index in [4.69, 9.17) is 0 Å². The first-order valence-electron chi connectivity index (χ1n) is 5.38. The maximum absolute atomic E-state index is 11.7. The van der Waals surface area contributed by atoms with Gasteiger partial charge in [-0.2, -0.15) is 0 Å². The topological polar surface area (TPSA) is 58.6 Å². The van der Waals surface area contributed by atoms with E-state index in [0.717, 1.165) is 10.4 Å². The van der Waals surface area contributed by atoms with Crippen molar-refractivity contribution in [2.45, 2.75) is 0 Å². The van der Waals surface area contributed by atoms with Crippen molar-refractivity contribution < 1.29 is 0 Å². The van der Waals surface area contributed by atoms with Crippen LogP contribution in [0, 0.1) is 0 Å². The quantitative estimate of drug-likeness (QED) is 0.765. The van der Waals surface area contributed by atoms with Gasteiger partial charge in [0.25, 0.3) is 5.56 Å². The van der Waals surface area contributed by atoms with Crippen LogP contribution in [0.25, 0.3) is 22.0 Å². The summed E-state index contributed by atoms with van der Waals surface area (Å²) >= 11 is 1.46. The van der Waals surface area contributed by atoms with E-state index in [9.17, 15) is 4.79 Å². The third-order valence-corrected chi connectivity index (χ3v) is 3.27. The van der Waals surface area contributed by atoms with Gasteiger partial charge in [0.2, 0.25) is 0 Å². The van der Waals surface area contributed by atoms with Gasteiger partial charge < -0.3 is 4.98 Å². The molecule has 5 heteroatoms. The number of rotatable bonds is 2. The van der Waals surface area contributed by atoms with Crippen molar-refractivity contribution in [2.24, 2.45) is 0 Å². The number of hydrogen-bond donors (Lipinski definition) is 1. The van der Waals surface area contributed by atoms with Crippen LogP contribution in [0.5, 0.6) is 0 Å². The van der Waals surface area contributed by atoms with Gasteiger partial charge in [-0.25, -0.2) is 4.98 Å². The van der Waals surface area contributed by atoms with Crippen molar-refractivity contribution in [1.29, 1.82) is 0 Å². The lowest BCUT2D eigenvalue weighted by Crippen LogP contribution is -2.08. The van der Waals surface area contributed by atoms with Crippen LogP contribution in [0.3, 0.4) is 0 Å². The molecule has 3 rings (SSSR count). The molecule has 0 aliphatic rings. The molecular formula is C13H9N3OS. The number of nitrogens with one attached hydrogen (secondary N) is 1. The molecule has 0 radical (unpaired) electrons. The summed E-state index contributed by atoms with van der Waals surface area (Å²) in [5.74, 6) is 0.575. The lowest BCUT2D eigenvalue weighted by Gasteiger charge is -2.02. The fourth-order valence-corrected chi connectivity index (χ4v) is 2.24. The first-order chi connectivity index (χ1) is 8.83. The summed E-state index contributed by atoms with van der Waals surface area (Å²) < 4.78 is 0. The number of nitrogens with zero attached hydrogens (tertiary/aromatic N) is 2. The minimum Gasteiger partial charge on any atom is -0.306 e. The predicted molar refractivity (Wildman–Crippen MR) is 71.4 cm³/mol. The number of H-pyrrole nitrogens is 1. The van der Waals surface area contributed by atoms with Crippen molar-refractivity contribution in [3.8, 4) is 22.0 Å². The van der Waals surface area contributed by atoms with E-state index in [2.05, 4.69) is 15.0 Å². The van der Waals surface area contributed by atoms with Gasteiger partial charge in [0.1, 0.15) is 5.82 Å². The highest BCUT2D eigenvalue weighted by molar-refractivity contribution is 7.13. The van der Waals surface area contributed by atoms with E-state index in [1.54, 1.807) is 11.7 Å². The van der Waals surface area contributed by atoms with Crippen LogP contribution >= 0.6 is 11.3 Å². The fourth-order valence-electron chi connectivity index (χ4n) is 1.66. The van der Waals surface area contributed by atoms with E-state index >= 15 is 0 Å². The summed E-state index contributed by atoms with van der Waals surface area (Å²) in [4.78, 5) is 23.8. The average molecular weight is 255 g/mol. The Morgan fingerprint density at radius 2 is 2.00 bits per heavy atom. The normalized spacial score (nSPS) is 10.4. The Bertz CT molecular complexity index is 705. The molecule has 0 saturated heterocycles. The SMILES string of the molecule is O=c1cc(-c2cncs2)nc(-c2ccccc2)[nH]1. The van der Waals surface area contributed by atoms with Crippen LogP contribution in [0.2, 0.25) is 0 Å². The summed E-state index contributed by atoms with van der Waals surface area (Å²) in [6.07, 6.45) is 1.71. The molecule has 0 atom stereocenters. The van der Waals surface area contributed by atoms with Gasteiger partial charge in [-0.3, -0.25) is 9.78 Å². The molecule has 88 valence electrons. The van der Waals surface area contributed by atoms with Gasteiger partial charge in [0.15, 0.2) is 0 Å². The summed E-state index contributed by atoms with van der Waals surface area (Å²) in [7, 11) is 0. The van der Waals surface area contributed by atoms with Crippen molar-refractivity contribution >= 4 is 11.3 Å². The molecular weight excluding hydrogens is 246 g/mol. The summed E-state index contributed by atoms with van der Waals surface area (Å²) in [5, 5.41) is 0. The van der Waals surface area contributed by atoms with Crippen molar-refractivity contribution in [3.05, 3.63) is 58.5 Å². The molecule has 0 saturated carbocycles. The van der Waals surface area contributed by atoms with E-state index in [1.165, 1.54) is 17.4 Å².